The number of nitrogens with one attached hydrogen (secondary N) is 1. The Morgan fingerprint density at radius 2 is 2.06 bits per heavy atom. The number of pyridine rings is 1. The first kappa shape index (κ1) is 10.4. The minimum Gasteiger partial charge on any atom is -0.481 e. The van der Waals surface area contributed by atoms with Gasteiger partial charge in [-0.25, -0.2) is 0 Å². The van der Waals surface area contributed by atoms with E-state index in [9.17, 15) is 9.59 Å². The van der Waals surface area contributed by atoms with E-state index in [1.54, 1.807) is 18.2 Å². The molecule has 2 N–H and O–H groups in total. The predicted octanol–water partition coefficient (Wildman–Crippen LogP) is 1.55. The van der Waals surface area contributed by atoms with E-state index in [-0.39, 0.29) is 11.8 Å². The van der Waals surface area contributed by atoms with E-state index in [1.165, 1.54) is 6.07 Å². The van der Waals surface area contributed by atoms with Crippen LogP contribution in [0.2, 0.25) is 0 Å². The van der Waals surface area contributed by atoms with Gasteiger partial charge in [0.1, 0.15) is 0 Å². The predicted molar refractivity (Wildman–Crippen MR) is 60.5 cm³/mol. The van der Waals surface area contributed by atoms with E-state index in [0.29, 0.717) is 17.5 Å². The van der Waals surface area contributed by atoms with E-state index in [1.807, 2.05) is 6.07 Å². The second kappa shape index (κ2) is 4.18. The molecule has 1 aromatic carbocycles. The summed E-state index contributed by atoms with van der Waals surface area (Å²) in [5, 5.41) is 9.19. The third-order valence-corrected chi connectivity index (χ3v) is 2.40. The highest BCUT2D eigenvalue weighted by Crippen LogP contribution is 2.08. The molecule has 0 amide bonds. The van der Waals surface area contributed by atoms with Gasteiger partial charge in [-0.15, -0.1) is 0 Å². The number of rotatable bonds is 3. The van der Waals surface area contributed by atoms with Crippen LogP contribution in [0.15, 0.2) is 35.1 Å². The molecule has 2 rings (SSSR count). The van der Waals surface area contributed by atoms with Gasteiger partial charge in [-0.05, 0) is 18.6 Å². The van der Waals surface area contributed by atoms with Gasteiger partial charge in [0.25, 0.3) is 0 Å². The summed E-state index contributed by atoms with van der Waals surface area (Å²) >= 11 is 0. The summed E-state index contributed by atoms with van der Waals surface area (Å²) in [5.74, 6) is -0.867. The van der Waals surface area contributed by atoms with E-state index >= 15 is 0 Å². The van der Waals surface area contributed by atoms with Crippen LogP contribution in [0.25, 0.3) is 10.9 Å². The molecule has 0 unspecified atom stereocenters. The molecular formula is C12H11NO3. The monoisotopic (exact) mass is 217 g/mol. The van der Waals surface area contributed by atoms with E-state index in [2.05, 4.69) is 4.98 Å². The number of carboxylic acid groups (broad SMARTS) is 1. The van der Waals surface area contributed by atoms with Crippen molar-refractivity contribution in [1.29, 1.82) is 0 Å². The van der Waals surface area contributed by atoms with Gasteiger partial charge in [0.2, 0.25) is 0 Å². The molecule has 0 atom stereocenters. The normalized spacial score (nSPS) is 10.5. The Morgan fingerprint density at radius 3 is 2.81 bits per heavy atom. The van der Waals surface area contributed by atoms with Gasteiger partial charge in [0.05, 0.1) is 6.42 Å². The number of benzene rings is 1. The first-order valence-electron chi connectivity index (χ1n) is 4.99. The number of aliphatic carboxylic acids is 1. The average molecular weight is 217 g/mol. The lowest BCUT2D eigenvalue weighted by Gasteiger charge is -2.02. The average Bonchev–Trinajstić information content (AvgIpc) is 2.26. The number of aromatic nitrogens is 1. The zero-order valence-electron chi connectivity index (χ0n) is 8.56. The Labute approximate surface area is 91.5 Å². The van der Waals surface area contributed by atoms with E-state index < -0.39 is 5.97 Å². The molecule has 0 fully saturated rings. The fraction of sp³-hybridized carbons (Fsp3) is 0.167. The third-order valence-electron chi connectivity index (χ3n) is 2.40. The molecule has 0 spiro atoms. The smallest absolute Gasteiger partial charge is 0.303 e. The summed E-state index contributed by atoms with van der Waals surface area (Å²) in [7, 11) is 0. The van der Waals surface area contributed by atoms with Gasteiger partial charge in [-0.1, -0.05) is 12.1 Å². The minimum absolute atomic E-state index is 0.0221. The molecule has 0 aliphatic heterocycles. The quantitative estimate of drug-likeness (QED) is 0.819. The summed E-state index contributed by atoms with van der Waals surface area (Å²) in [6, 6.07) is 8.65. The van der Waals surface area contributed by atoms with Crippen molar-refractivity contribution in [1.82, 2.24) is 4.98 Å². The molecule has 16 heavy (non-hydrogen) atoms. The van der Waals surface area contributed by atoms with Gasteiger partial charge in [-0.2, -0.15) is 0 Å². The summed E-state index contributed by atoms with van der Waals surface area (Å²) in [6.45, 7) is 0. The minimum atomic E-state index is -0.867. The van der Waals surface area contributed by atoms with Gasteiger partial charge >= 0.3 is 5.97 Å². The van der Waals surface area contributed by atoms with Crippen LogP contribution < -0.4 is 5.43 Å². The number of hydrogen-bond acceptors (Lipinski definition) is 2. The maximum atomic E-state index is 11.7. The maximum Gasteiger partial charge on any atom is 0.303 e. The number of hydrogen-bond donors (Lipinski definition) is 2. The van der Waals surface area contributed by atoms with Gasteiger partial charge < -0.3 is 10.1 Å². The van der Waals surface area contributed by atoms with E-state index in [4.69, 9.17) is 5.11 Å². The van der Waals surface area contributed by atoms with Crippen molar-refractivity contribution in [2.24, 2.45) is 0 Å². The SMILES string of the molecule is O=C(O)CCc1cc(=O)c2ccccc2[nH]1. The molecule has 0 radical (unpaired) electrons. The van der Waals surface area contributed by atoms with Crippen LogP contribution in [-0.4, -0.2) is 16.1 Å². The standard InChI is InChI=1S/C12H11NO3/c14-11-7-8(5-6-12(15)16)13-10-4-2-1-3-9(10)11/h1-4,7H,5-6H2,(H,13,14)(H,15,16). The maximum absolute atomic E-state index is 11.7. The van der Waals surface area contributed by atoms with Gasteiger partial charge in [-0.3, -0.25) is 9.59 Å². The molecule has 0 aliphatic rings. The summed E-state index contributed by atoms with van der Waals surface area (Å²) in [6.07, 6.45) is 0.365. The molecule has 4 heteroatoms. The summed E-state index contributed by atoms with van der Waals surface area (Å²) in [4.78, 5) is 25.2. The van der Waals surface area contributed by atoms with Crippen molar-refractivity contribution >= 4 is 16.9 Å². The highest BCUT2D eigenvalue weighted by molar-refractivity contribution is 5.78. The van der Waals surface area contributed by atoms with Crippen molar-refractivity contribution in [3.63, 3.8) is 0 Å². The fourth-order valence-corrected chi connectivity index (χ4v) is 1.63. The lowest BCUT2D eigenvalue weighted by molar-refractivity contribution is -0.136. The summed E-state index contributed by atoms with van der Waals surface area (Å²) in [5.41, 5.74) is 1.33. The van der Waals surface area contributed by atoms with Crippen molar-refractivity contribution in [3.05, 3.63) is 46.2 Å². The number of aryl methyl sites for hydroxylation is 1. The van der Waals surface area contributed by atoms with Gasteiger partial charge in [0.15, 0.2) is 5.43 Å². The number of aromatic amines is 1. The molecule has 0 saturated carbocycles. The largest absolute Gasteiger partial charge is 0.481 e. The second-order valence-electron chi connectivity index (χ2n) is 3.60. The lowest BCUT2D eigenvalue weighted by Crippen LogP contribution is -2.06. The second-order valence-corrected chi connectivity index (χ2v) is 3.60. The Hall–Kier alpha value is -2.10. The molecular weight excluding hydrogens is 206 g/mol. The number of H-pyrrole nitrogens is 1. The Morgan fingerprint density at radius 1 is 1.31 bits per heavy atom. The third kappa shape index (κ3) is 2.11. The van der Waals surface area contributed by atoms with Crippen LogP contribution in [0.4, 0.5) is 0 Å². The number of carboxylic acids is 1. The number of para-hydroxylation sites is 1. The highest BCUT2D eigenvalue weighted by atomic mass is 16.4. The van der Waals surface area contributed by atoms with Crippen LogP contribution in [0.1, 0.15) is 12.1 Å². The Kier molecular flexibility index (Phi) is 2.72. The lowest BCUT2D eigenvalue weighted by atomic mass is 10.1. The first-order chi connectivity index (χ1) is 7.66. The molecule has 2 aromatic rings. The Balaban J connectivity index is 2.42. The van der Waals surface area contributed by atoms with Crippen molar-refractivity contribution in [2.45, 2.75) is 12.8 Å². The van der Waals surface area contributed by atoms with Crippen molar-refractivity contribution in [2.75, 3.05) is 0 Å². The molecule has 1 aromatic heterocycles. The zero-order chi connectivity index (χ0) is 11.5. The molecule has 4 nitrogen and oxygen atoms in total. The Bertz CT molecular complexity index is 586. The molecule has 82 valence electrons. The van der Waals surface area contributed by atoms with Crippen LogP contribution in [-0.2, 0) is 11.2 Å². The van der Waals surface area contributed by atoms with Crippen LogP contribution in [0, 0.1) is 0 Å². The van der Waals surface area contributed by atoms with E-state index in [0.717, 1.165) is 5.52 Å². The van der Waals surface area contributed by atoms with Crippen molar-refractivity contribution < 1.29 is 9.90 Å². The molecule has 0 aliphatic carbocycles. The highest BCUT2D eigenvalue weighted by Gasteiger charge is 2.03. The summed E-state index contributed by atoms with van der Waals surface area (Å²) < 4.78 is 0. The number of carbonyl (C=O) groups is 1. The topological polar surface area (TPSA) is 70.2 Å². The van der Waals surface area contributed by atoms with Crippen LogP contribution in [0.5, 0.6) is 0 Å². The van der Waals surface area contributed by atoms with Crippen LogP contribution in [0.3, 0.4) is 0 Å². The zero-order valence-corrected chi connectivity index (χ0v) is 8.56. The molecule has 0 bridgehead atoms. The molecule has 1 heterocycles. The van der Waals surface area contributed by atoms with Crippen molar-refractivity contribution in [3.8, 4) is 0 Å². The molecule has 0 saturated heterocycles. The fourth-order valence-electron chi connectivity index (χ4n) is 1.63. The van der Waals surface area contributed by atoms with Gasteiger partial charge in [0, 0.05) is 22.7 Å². The first-order valence-corrected chi connectivity index (χ1v) is 4.99. The van der Waals surface area contributed by atoms with Crippen LogP contribution >= 0.6 is 0 Å². The number of fused-ring (bicyclic) bond motifs is 1.